The summed E-state index contributed by atoms with van der Waals surface area (Å²) < 4.78 is 16.9. The van der Waals surface area contributed by atoms with Gasteiger partial charge in [0, 0.05) is 62.6 Å². The number of aromatic nitrogens is 6. The normalized spacial score (nSPS) is 12.2. The van der Waals surface area contributed by atoms with Gasteiger partial charge in [-0.15, -0.1) is 0 Å². The van der Waals surface area contributed by atoms with Crippen molar-refractivity contribution in [2.75, 3.05) is 64.1 Å². The number of anilines is 2. The van der Waals surface area contributed by atoms with Gasteiger partial charge in [0.15, 0.2) is 0 Å². The van der Waals surface area contributed by atoms with E-state index in [1.165, 1.54) is 37.5 Å². The monoisotopic (exact) mass is 906 g/mol. The highest BCUT2D eigenvalue weighted by Gasteiger charge is 2.23. The number of hydrogen-bond donors (Lipinski definition) is 5. The molecule has 21 nitrogen and oxygen atoms in total. The van der Waals surface area contributed by atoms with E-state index in [2.05, 4.69) is 30.6 Å². The second-order valence-electron chi connectivity index (χ2n) is 15.1. The molecule has 5 rings (SSSR count). The number of hydrogen-bond acceptors (Lipinski definition) is 13. The summed E-state index contributed by atoms with van der Waals surface area (Å²) >= 11 is 0. The van der Waals surface area contributed by atoms with Crippen LogP contribution in [-0.4, -0.2) is 128 Å². The molecule has 0 unspecified atom stereocenters. The average Bonchev–Trinajstić information content (AvgIpc) is 3.96. The first-order chi connectivity index (χ1) is 31.6. The molecule has 2 aromatic carbocycles. The first-order valence-corrected chi connectivity index (χ1v) is 21.3. The van der Waals surface area contributed by atoms with Gasteiger partial charge in [0.05, 0.1) is 23.8 Å². The zero-order valence-corrected chi connectivity index (χ0v) is 38.3. The number of nitrogens with one attached hydrogen (secondary N) is 2. The molecular formula is C45H58N14O7. The van der Waals surface area contributed by atoms with Crippen LogP contribution < -0.4 is 37.3 Å². The number of ether oxygens (including phenoxy) is 2. The third-order valence-corrected chi connectivity index (χ3v) is 10.3. The summed E-state index contributed by atoms with van der Waals surface area (Å²) in [6.07, 6.45) is 9.43. The Morgan fingerprint density at radius 3 is 1.98 bits per heavy atom. The number of aliphatic imine (C=N–C) groups is 1. The van der Waals surface area contributed by atoms with E-state index in [4.69, 9.17) is 31.7 Å². The Morgan fingerprint density at radius 1 is 0.833 bits per heavy atom. The number of allylic oxidation sites excluding steroid dienone is 3. The van der Waals surface area contributed by atoms with Gasteiger partial charge in [-0.05, 0) is 83.8 Å². The van der Waals surface area contributed by atoms with Gasteiger partial charge in [-0.3, -0.25) is 44.3 Å². The standard InChI is InChI=1S/C45H58N14O7/c1-8-49-34(21-28(4)46)42(63)52-44-50-32-23-30(40(47)61)25-36(65-7)38(32)57(44)16-11-12-17-58-39-33(51-45(58)53-43(64)35-22-29(5)54-59(35)10-3)24-31(41(48)62)26-37(39)66-20-14-13-15-56(27-60)19-18-55(6)9-2/h11-14,21-27H,8-10,15-20,46H2,1-7H3,(H2,47,61)(H2,48,62)(H,50,52,63)(H,51,53,64)/b12-11+,14-13+,28-21-,49-34?. The molecule has 0 saturated carbocycles. The van der Waals surface area contributed by atoms with E-state index in [9.17, 15) is 24.0 Å². The van der Waals surface area contributed by atoms with Gasteiger partial charge in [0.2, 0.25) is 30.1 Å². The van der Waals surface area contributed by atoms with Crippen LogP contribution in [0.25, 0.3) is 22.1 Å². The van der Waals surface area contributed by atoms with Crippen molar-refractivity contribution in [3.05, 3.63) is 88.9 Å². The van der Waals surface area contributed by atoms with Crippen LogP contribution in [-0.2, 0) is 29.2 Å². The maximum atomic E-state index is 13.8. The van der Waals surface area contributed by atoms with Crippen LogP contribution in [0.2, 0.25) is 0 Å². The average molecular weight is 907 g/mol. The fourth-order valence-electron chi connectivity index (χ4n) is 6.85. The van der Waals surface area contributed by atoms with Crippen molar-refractivity contribution in [1.82, 2.24) is 38.7 Å². The van der Waals surface area contributed by atoms with Crippen LogP contribution in [0.15, 0.2) is 71.4 Å². The molecule has 0 aliphatic heterocycles. The number of carbonyl (C=O) groups excluding carboxylic acids is 5. The van der Waals surface area contributed by atoms with Crippen molar-refractivity contribution in [3.63, 3.8) is 0 Å². The summed E-state index contributed by atoms with van der Waals surface area (Å²) in [5, 5.41) is 10.2. The predicted molar refractivity (Wildman–Crippen MR) is 253 cm³/mol. The third-order valence-electron chi connectivity index (χ3n) is 10.3. The summed E-state index contributed by atoms with van der Waals surface area (Å²) in [6.45, 7) is 12.7. The number of imidazole rings is 2. The van der Waals surface area contributed by atoms with Gasteiger partial charge >= 0.3 is 0 Å². The van der Waals surface area contributed by atoms with E-state index in [1.807, 2.05) is 27.0 Å². The van der Waals surface area contributed by atoms with Gasteiger partial charge in [-0.25, -0.2) is 9.97 Å². The number of fused-ring (bicyclic) bond motifs is 2. The van der Waals surface area contributed by atoms with Crippen LogP contribution in [0.3, 0.4) is 0 Å². The van der Waals surface area contributed by atoms with Crippen molar-refractivity contribution in [3.8, 4) is 11.5 Å². The van der Waals surface area contributed by atoms with E-state index >= 15 is 0 Å². The number of primary amides is 2. The predicted octanol–water partition coefficient (Wildman–Crippen LogP) is 3.23. The highest BCUT2D eigenvalue weighted by molar-refractivity contribution is 6.47. The fraction of sp³-hybridized carbons (Fsp3) is 0.356. The van der Waals surface area contributed by atoms with Crippen LogP contribution in [0.5, 0.6) is 11.5 Å². The molecule has 0 fully saturated rings. The third kappa shape index (κ3) is 12.0. The number of nitrogens with two attached hydrogens (primary N) is 3. The molecule has 8 N–H and O–H groups in total. The summed E-state index contributed by atoms with van der Waals surface area (Å²) in [6, 6.07) is 7.69. The number of benzene rings is 2. The first kappa shape index (κ1) is 49.2. The molecule has 3 aromatic heterocycles. The van der Waals surface area contributed by atoms with E-state index in [-0.39, 0.29) is 59.9 Å². The Labute approximate surface area is 382 Å². The second-order valence-corrected chi connectivity index (χ2v) is 15.1. The zero-order valence-electron chi connectivity index (χ0n) is 38.3. The summed E-state index contributed by atoms with van der Waals surface area (Å²) in [5.41, 5.74) is 20.5. The minimum absolute atomic E-state index is 0.0589. The van der Waals surface area contributed by atoms with Crippen molar-refractivity contribution in [2.24, 2.45) is 22.2 Å². The van der Waals surface area contributed by atoms with E-state index < -0.39 is 23.6 Å². The van der Waals surface area contributed by atoms with Gasteiger partial charge < -0.3 is 45.6 Å². The lowest BCUT2D eigenvalue weighted by atomic mass is 10.1. The number of carbonyl (C=O) groups is 5. The second kappa shape index (κ2) is 22.7. The lowest BCUT2D eigenvalue weighted by Gasteiger charge is -2.19. The maximum Gasteiger partial charge on any atom is 0.276 e. The summed E-state index contributed by atoms with van der Waals surface area (Å²) in [5.74, 6) is -1.67. The Morgan fingerprint density at radius 2 is 1.44 bits per heavy atom. The lowest BCUT2D eigenvalue weighted by Crippen LogP contribution is -2.32. The van der Waals surface area contributed by atoms with Crippen LogP contribution in [0, 0.1) is 6.92 Å². The molecule has 5 amide bonds. The molecular weight excluding hydrogens is 849 g/mol. The van der Waals surface area contributed by atoms with Gasteiger partial charge in [0.1, 0.15) is 40.5 Å². The number of aryl methyl sites for hydroxylation is 2. The smallest absolute Gasteiger partial charge is 0.276 e. The van der Waals surface area contributed by atoms with Crippen LogP contribution >= 0.6 is 0 Å². The van der Waals surface area contributed by atoms with Crippen molar-refractivity contribution >= 4 is 69.7 Å². The SMILES string of the molecule is CCN=C(/C=C(/C)N)C(=O)Nc1nc2cc(C(N)=O)cc(OC)c2n1C/C=C/Cn1c(NC(=O)c2cc(C)nn2CC)nc2cc(C(N)=O)cc(OC/C=C/CN(C=O)CCN(C)CC)c21. The zero-order chi connectivity index (χ0) is 48.1. The lowest BCUT2D eigenvalue weighted by molar-refractivity contribution is -0.117. The van der Waals surface area contributed by atoms with Crippen LogP contribution in [0.4, 0.5) is 11.9 Å². The highest BCUT2D eigenvalue weighted by atomic mass is 16.5. The van der Waals surface area contributed by atoms with Crippen molar-refractivity contribution in [1.29, 1.82) is 0 Å². The van der Waals surface area contributed by atoms with E-state index in [0.717, 1.165) is 19.5 Å². The van der Waals surface area contributed by atoms with Gasteiger partial charge in [-0.1, -0.05) is 25.2 Å². The van der Waals surface area contributed by atoms with E-state index in [0.29, 0.717) is 65.3 Å². The molecule has 0 saturated heterocycles. The molecule has 0 bridgehead atoms. The number of methoxy groups -OCH3 is 1. The molecule has 21 heteroatoms. The molecule has 66 heavy (non-hydrogen) atoms. The Hall–Kier alpha value is -7.81. The minimum atomic E-state index is -0.713. The Bertz CT molecular complexity index is 2720. The Kier molecular flexibility index (Phi) is 16.9. The molecule has 5 aromatic rings. The summed E-state index contributed by atoms with van der Waals surface area (Å²) in [4.78, 5) is 81.4. The minimum Gasteiger partial charge on any atom is -0.494 e. The maximum absolute atomic E-state index is 13.8. The number of amides is 5. The fourth-order valence-corrected chi connectivity index (χ4v) is 6.85. The topological polar surface area (TPSA) is 278 Å². The largest absolute Gasteiger partial charge is 0.494 e. The molecule has 0 aliphatic rings. The van der Waals surface area contributed by atoms with Crippen LogP contribution in [0.1, 0.15) is 64.6 Å². The summed E-state index contributed by atoms with van der Waals surface area (Å²) in [7, 11) is 3.42. The molecule has 0 radical (unpaired) electrons. The quantitative estimate of drug-likeness (QED) is 0.0339. The molecule has 0 spiro atoms. The van der Waals surface area contributed by atoms with E-state index in [1.54, 1.807) is 63.8 Å². The van der Waals surface area contributed by atoms with Gasteiger partial charge in [-0.2, -0.15) is 5.10 Å². The number of likely N-dealkylation sites (N-methyl/N-ethyl adjacent to an activating group) is 1. The highest BCUT2D eigenvalue weighted by Crippen LogP contribution is 2.33. The molecule has 3 heterocycles. The first-order valence-electron chi connectivity index (χ1n) is 21.3. The van der Waals surface area contributed by atoms with Crippen molar-refractivity contribution in [2.45, 2.75) is 54.3 Å². The number of nitrogens with zero attached hydrogens (tertiary/aromatic N) is 9. The molecule has 0 aliphatic carbocycles. The van der Waals surface area contributed by atoms with Gasteiger partial charge in [0.25, 0.3) is 11.8 Å². The number of rotatable bonds is 24. The molecule has 350 valence electrons. The Balaban J connectivity index is 1.56. The van der Waals surface area contributed by atoms with Crippen molar-refractivity contribution < 1.29 is 33.4 Å². The molecule has 0 atom stereocenters.